The predicted molar refractivity (Wildman–Crippen MR) is 57.6 cm³/mol. The van der Waals surface area contributed by atoms with Crippen LogP contribution in [0.3, 0.4) is 0 Å². The third kappa shape index (κ3) is 1.69. The molecule has 3 nitrogen and oxygen atoms in total. The first-order valence-electron chi connectivity index (χ1n) is 5.45. The van der Waals surface area contributed by atoms with Crippen LogP contribution < -0.4 is 5.32 Å². The van der Waals surface area contributed by atoms with Crippen LogP contribution in [-0.2, 0) is 0 Å². The van der Waals surface area contributed by atoms with Crippen LogP contribution >= 0.6 is 0 Å². The highest BCUT2D eigenvalue weighted by atomic mass is 15.0. The number of aryl methyl sites for hydroxylation is 1. The normalized spacial score (nSPS) is 22.1. The molecule has 0 aliphatic carbocycles. The number of nitrogens with zero attached hydrogens (tertiary/aromatic N) is 1. The molecule has 0 aromatic carbocycles. The first kappa shape index (κ1) is 9.71. The van der Waals surface area contributed by atoms with Crippen LogP contribution in [0.25, 0.3) is 0 Å². The maximum Gasteiger partial charge on any atom is 0.111 e. The number of aromatic nitrogens is 2. The highest BCUT2D eigenvalue weighted by Gasteiger charge is 2.21. The van der Waals surface area contributed by atoms with E-state index in [1.807, 2.05) is 0 Å². The standard InChI is InChI=1S/C11H19N3/c1-7(2)10-8(3)13-11(14-10)9-4-5-12-6-9/h7,9,12H,4-6H2,1-3H3,(H,13,14). The summed E-state index contributed by atoms with van der Waals surface area (Å²) in [6.45, 7) is 8.71. The lowest BCUT2D eigenvalue weighted by atomic mass is 10.1. The molecule has 0 amide bonds. The molecule has 1 aliphatic rings. The number of hydrogen-bond donors (Lipinski definition) is 2. The molecular weight excluding hydrogens is 174 g/mol. The molecule has 1 aliphatic heterocycles. The van der Waals surface area contributed by atoms with E-state index in [4.69, 9.17) is 4.98 Å². The van der Waals surface area contributed by atoms with Gasteiger partial charge in [0.15, 0.2) is 0 Å². The molecule has 1 unspecified atom stereocenters. The molecule has 14 heavy (non-hydrogen) atoms. The van der Waals surface area contributed by atoms with Gasteiger partial charge in [-0.1, -0.05) is 13.8 Å². The summed E-state index contributed by atoms with van der Waals surface area (Å²) in [6.07, 6.45) is 1.21. The van der Waals surface area contributed by atoms with Gasteiger partial charge in [0.25, 0.3) is 0 Å². The molecule has 1 atom stereocenters. The zero-order valence-corrected chi connectivity index (χ0v) is 9.22. The Morgan fingerprint density at radius 1 is 1.43 bits per heavy atom. The van der Waals surface area contributed by atoms with Crippen molar-refractivity contribution >= 4 is 0 Å². The van der Waals surface area contributed by atoms with E-state index in [1.165, 1.54) is 23.6 Å². The van der Waals surface area contributed by atoms with E-state index in [-0.39, 0.29) is 0 Å². The van der Waals surface area contributed by atoms with Gasteiger partial charge in [0.1, 0.15) is 5.82 Å². The van der Waals surface area contributed by atoms with Crippen LogP contribution in [-0.4, -0.2) is 23.1 Å². The second-order valence-corrected chi connectivity index (χ2v) is 4.48. The molecular formula is C11H19N3. The van der Waals surface area contributed by atoms with Crippen molar-refractivity contribution in [1.82, 2.24) is 15.3 Å². The lowest BCUT2D eigenvalue weighted by molar-refractivity contribution is 0.706. The molecule has 2 rings (SSSR count). The average molecular weight is 193 g/mol. The molecule has 3 heteroatoms. The molecule has 2 N–H and O–H groups in total. The topological polar surface area (TPSA) is 40.7 Å². The zero-order valence-electron chi connectivity index (χ0n) is 9.22. The van der Waals surface area contributed by atoms with Crippen molar-refractivity contribution < 1.29 is 0 Å². The Bertz CT molecular complexity index is 308. The molecule has 1 aromatic heterocycles. The minimum absolute atomic E-state index is 0.523. The predicted octanol–water partition coefficient (Wildman–Crippen LogP) is 1.92. The van der Waals surface area contributed by atoms with Gasteiger partial charge in [-0.25, -0.2) is 4.98 Å². The summed E-state index contributed by atoms with van der Waals surface area (Å²) in [5.41, 5.74) is 2.47. The molecule has 2 heterocycles. The Labute approximate surface area is 85.3 Å². The maximum absolute atomic E-state index is 4.70. The number of imidazole rings is 1. The zero-order chi connectivity index (χ0) is 10.1. The summed E-state index contributed by atoms with van der Waals surface area (Å²) in [7, 11) is 0. The van der Waals surface area contributed by atoms with Gasteiger partial charge < -0.3 is 10.3 Å². The van der Waals surface area contributed by atoms with Crippen molar-refractivity contribution in [2.75, 3.05) is 13.1 Å². The van der Waals surface area contributed by atoms with Crippen molar-refractivity contribution in [3.63, 3.8) is 0 Å². The minimum Gasteiger partial charge on any atom is -0.346 e. The van der Waals surface area contributed by atoms with E-state index >= 15 is 0 Å². The molecule has 78 valence electrons. The summed E-state index contributed by atoms with van der Waals surface area (Å²) < 4.78 is 0. The number of aromatic amines is 1. The Morgan fingerprint density at radius 3 is 2.71 bits per heavy atom. The van der Waals surface area contributed by atoms with Crippen molar-refractivity contribution in [3.05, 3.63) is 17.2 Å². The molecule has 0 saturated carbocycles. The Morgan fingerprint density at radius 2 is 2.21 bits per heavy atom. The second kappa shape index (κ2) is 3.73. The van der Waals surface area contributed by atoms with E-state index in [0.29, 0.717) is 11.8 Å². The van der Waals surface area contributed by atoms with Crippen LogP contribution in [0.4, 0.5) is 0 Å². The second-order valence-electron chi connectivity index (χ2n) is 4.48. The summed E-state index contributed by atoms with van der Waals surface area (Å²) in [6, 6.07) is 0. The fourth-order valence-electron chi connectivity index (χ4n) is 2.14. The van der Waals surface area contributed by atoms with E-state index in [1.54, 1.807) is 0 Å². The first-order chi connectivity index (χ1) is 6.68. The van der Waals surface area contributed by atoms with E-state index < -0.39 is 0 Å². The number of rotatable bonds is 2. The van der Waals surface area contributed by atoms with Crippen molar-refractivity contribution in [3.8, 4) is 0 Å². The average Bonchev–Trinajstić information content (AvgIpc) is 2.70. The van der Waals surface area contributed by atoms with E-state index in [9.17, 15) is 0 Å². The summed E-state index contributed by atoms with van der Waals surface area (Å²) >= 11 is 0. The molecule has 1 aromatic rings. The van der Waals surface area contributed by atoms with Gasteiger partial charge in [-0.05, 0) is 25.8 Å². The van der Waals surface area contributed by atoms with Crippen molar-refractivity contribution in [2.24, 2.45) is 0 Å². The SMILES string of the molecule is Cc1[nH]c(C2CCNC2)nc1C(C)C. The third-order valence-corrected chi connectivity index (χ3v) is 2.93. The monoisotopic (exact) mass is 193 g/mol. The Hall–Kier alpha value is -0.830. The van der Waals surface area contributed by atoms with Gasteiger partial charge in [-0.3, -0.25) is 0 Å². The third-order valence-electron chi connectivity index (χ3n) is 2.93. The van der Waals surface area contributed by atoms with E-state index in [2.05, 4.69) is 31.1 Å². The fourth-order valence-corrected chi connectivity index (χ4v) is 2.14. The smallest absolute Gasteiger partial charge is 0.111 e. The number of hydrogen-bond acceptors (Lipinski definition) is 2. The summed E-state index contributed by atoms with van der Waals surface area (Å²) in [5.74, 6) is 2.30. The van der Waals surface area contributed by atoms with Crippen LogP contribution in [0, 0.1) is 6.92 Å². The molecule has 0 radical (unpaired) electrons. The van der Waals surface area contributed by atoms with Gasteiger partial charge in [0.2, 0.25) is 0 Å². The van der Waals surface area contributed by atoms with Crippen molar-refractivity contribution in [1.29, 1.82) is 0 Å². The Balaban J connectivity index is 2.22. The van der Waals surface area contributed by atoms with Crippen LogP contribution in [0.1, 0.15) is 49.3 Å². The summed E-state index contributed by atoms with van der Waals surface area (Å²) in [5, 5.41) is 3.37. The molecule has 1 fully saturated rings. The van der Waals surface area contributed by atoms with E-state index in [0.717, 1.165) is 13.1 Å². The number of H-pyrrole nitrogens is 1. The highest BCUT2D eigenvalue weighted by Crippen LogP contribution is 2.23. The van der Waals surface area contributed by atoms with Crippen molar-refractivity contribution in [2.45, 2.75) is 39.0 Å². The quantitative estimate of drug-likeness (QED) is 0.753. The minimum atomic E-state index is 0.523. The van der Waals surface area contributed by atoms with Gasteiger partial charge in [0, 0.05) is 18.2 Å². The van der Waals surface area contributed by atoms with Gasteiger partial charge >= 0.3 is 0 Å². The van der Waals surface area contributed by atoms with Gasteiger partial charge in [-0.2, -0.15) is 0 Å². The molecule has 0 spiro atoms. The van der Waals surface area contributed by atoms with Gasteiger partial charge in [-0.15, -0.1) is 0 Å². The fraction of sp³-hybridized carbons (Fsp3) is 0.727. The Kier molecular flexibility index (Phi) is 2.59. The molecule has 1 saturated heterocycles. The first-order valence-corrected chi connectivity index (χ1v) is 5.45. The highest BCUT2D eigenvalue weighted by molar-refractivity contribution is 5.19. The van der Waals surface area contributed by atoms with Crippen LogP contribution in [0.2, 0.25) is 0 Å². The largest absolute Gasteiger partial charge is 0.346 e. The lowest BCUT2D eigenvalue weighted by Crippen LogP contribution is -2.08. The van der Waals surface area contributed by atoms with Gasteiger partial charge in [0.05, 0.1) is 5.69 Å². The maximum atomic E-state index is 4.70. The molecule has 0 bridgehead atoms. The summed E-state index contributed by atoms with van der Waals surface area (Å²) in [4.78, 5) is 8.11. The number of nitrogens with one attached hydrogen (secondary N) is 2. The van der Waals surface area contributed by atoms with Crippen LogP contribution in [0.5, 0.6) is 0 Å². The van der Waals surface area contributed by atoms with Crippen LogP contribution in [0.15, 0.2) is 0 Å². The lowest BCUT2D eigenvalue weighted by Gasteiger charge is -2.03.